The molecule has 2 heterocycles. The van der Waals surface area contributed by atoms with Gasteiger partial charge in [0.05, 0.1) is 5.60 Å². The van der Waals surface area contributed by atoms with Gasteiger partial charge in [0, 0.05) is 29.2 Å². The fourth-order valence-corrected chi connectivity index (χ4v) is 4.75. The van der Waals surface area contributed by atoms with E-state index in [0.29, 0.717) is 11.6 Å². The molecule has 26 heavy (non-hydrogen) atoms. The van der Waals surface area contributed by atoms with E-state index >= 15 is 0 Å². The van der Waals surface area contributed by atoms with Crippen molar-refractivity contribution in [1.82, 2.24) is 24.8 Å². The van der Waals surface area contributed by atoms with Crippen LogP contribution in [0.5, 0.6) is 0 Å². The van der Waals surface area contributed by atoms with E-state index < -0.39 is 5.60 Å². The monoisotopic (exact) mass is 353 g/mol. The average Bonchev–Trinajstić information content (AvgIpc) is 3.33. The summed E-state index contributed by atoms with van der Waals surface area (Å²) in [7, 11) is 0. The van der Waals surface area contributed by atoms with Crippen LogP contribution in [0.25, 0.3) is 5.95 Å². The first-order valence-corrected chi connectivity index (χ1v) is 9.49. The molecule has 0 aliphatic heterocycles. The van der Waals surface area contributed by atoms with Crippen LogP contribution in [-0.4, -0.2) is 41.7 Å². The van der Waals surface area contributed by atoms with Gasteiger partial charge in [-0.3, -0.25) is 9.36 Å². The van der Waals surface area contributed by atoms with E-state index in [1.54, 1.807) is 23.3 Å². The third kappa shape index (κ3) is 2.53. The van der Waals surface area contributed by atoms with Gasteiger partial charge in [-0.2, -0.15) is 0 Å². The van der Waals surface area contributed by atoms with E-state index in [0.717, 1.165) is 69.0 Å². The normalized spacial score (nSPS) is 29.6. The van der Waals surface area contributed by atoms with Crippen molar-refractivity contribution in [3.8, 4) is 5.95 Å². The molecular weight excluding hydrogens is 330 g/mol. The van der Waals surface area contributed by atoms with Crippen LogP contribution in [0.2, 0.25) is 0 Å². The SMILES string of the molecule is O=C(NC12CCC(O)(CC1)CC2)c1nc(-n2ccnc2)nc2c1CCC2. The van der Waals surface area contributed by atoms with Crippen LogP contribution >= 0.6 is 0 Å². The largest absolute Gasteiger partial charge is 0.390 e. The number of amides is 1. The number of hydrogen-bond acceptors (Lipinski definition) is 5. The van der Waals surface area contributed by atoms with E-state index in [1.165, 1.54) is 0 Å². The van der Waals surface area contributed by atoms with E-state index in [9.17, 15) is 9.90 Å². The predicted molar refractivity (Wildman–Crippen MR) is 94.0 cm³/mol. The van der Waals surface area contributed by atoms with Crippen LogP contribution < -0.4 is 5.32 Å². The first-order valence-electron chi connectivity index (χ1n) is 9.49. The molecule has 4 aliphatic rings. The fraction of sp³-hybridized carbons (Fsp3) is 0.579. The molecule has 3 saturated carbocycles. The lowest BCUT2D eigenvalue weighted by Gasteiger charge is -2.51. The number of aromatic nitrogens is 4. The molecule has 136 valence electrons. The zero-order chi connectivity index (χ0) is 17.8. The summed E-state index contributed by atoms with van der Waals surface area (Å²) < 4.78 is 1.75. The van der Waals surface area contributed by atoms with E-state index in [4.69, 9.17) is 0 Å². The topological polar surface area (TPSA) is 92.9 Å². The van der Waals surface area contributed by atoms with Gasteiger partial charge in [0.2, 0.25) is 5.95 Å². The molecule has 4 aliphatic carbocycles. The first kappa shape index (κ1) is 15.9. The van der Waals surface area contributed by atoms with Gasteiger partial charge in [-0.1, -0.05) is 0 Å². The summed E-state index contributed by atoms with van der Waals surface area (Å²) in [5, 5.41) is 13.7. The highest BCUT2D eigenvalue weighted by Gasteiger charge is 2.48. The minimum Gasteiger partial charge on any atom is -0.390 e. The van der Waals surface area contributed by atoms with Crippen molar-refractivity contribution in [2.24, 2.45) is 0 Å². The Bertz CT molecular complexity index is 837. The molecule has 2 N–H and O–H groups in total. The van der Waals surface area contributed by atoms with Crippen LogP contribution in [-0.2, 0) is 12.8 Å². The number of nitrogens with zero attached hydrogens (tertiary/aromatic N) is 4. The number of imidazole rings is 1. The number of rotatable bonds is 3. The number of carbonyl (C=O) groups is 1. The highest BCUT2D eigenvalue weighted by Crippen LogP contribution is 2.46. The highest BCUT2D eigenvalue weighted by atomic mass is 16.3. The molecule has 2 bridgehead atoms. The zero-order valence-corrected chi connectivity index (χ0v) is 14.7. The lowest BCUT2D eigenvalue weighted by Crippen LogP contribution is -2.58. The van der Waals surface area contributed by atoms with E-state index in [-0.39, 0.29) is 11.4 Å². The second-order valence-electron chi connectivity index (χ2n) is 8.08. The van der Waals surface area contributed by atoms with Crippen molar-refractivity contribution in [3.05, 3.63) is 35.7 Å². The summed E-state index contributed by atoms with van der Waals surface area (Å²) in [4.78, 5) is 26.5. The molecule has 6 rings (SSSR count). The molecule has 3 fully saturated rings. The summed E-state index contributed by atoms with van der Waals surface area (Å²) in [5.74, 6) is 0.409. The summed E-state index contributed by atoms with van der Waals surface area (Å²) in [6.07, 6.45) is 12.7. The second kappa shape index (κ2) is 5.61. The lowest BCUT2D eigenvalue weighted by atomic mass is 9.63. The molecular formula is C19H23N5O2. The lowest BCUT2D eigenvalue weighted by molar-refractivity contribution is -0.0702. The predicted octanol–water partition coefficient (Wildman–Crippen LogP) is 1.72. The molecule has 2 aromatic heterocycles. The summed E-state index contributed by atoms with van der Waals surface area (Å²) in [5.41, 5.74) is 1.79. The van der Waals surface area contributed by atoms with E-state index in [1.807, 2.05) is 0 Å². The van der Waals surface area contributed by atoms with Gasteiger partial charge in [0.25, 0.3) is 5.91 Å². The first-order chi connectivity index (χ1) is 12.6. The van der Waals surface area contributed by atoms with Gasteiger partial charge >= 0.3 is 0 Å². The molecule has 0 saturated heterocycles. The minimum absolute atomic E-state index is 0.0979. The van der Waals surface area contributed by atoms with Crippen LogP contribution in [0, 0.1) is 0 Å². The number of fused-ring (bicyclic) bond motifs is 4. The Morgan fingerprint density at radius 3 is 2.58 bits per heavy atom. The minimum atomic E-state index is -0.503. The maximum Gasteiger partial charge on any atom is 0.270 e. The molecule has 1 amide bonds. The van der Waals surface area contributed by atoms with Crippen molar-refractivity contribution < 1.29 is 9.90 Å². The van der Waals surface area contributed by atoms with Crippen molar-refractivity contribution in [1.29, 1.82) is 0 Å². The Morgan fingerprint density at radius 2 is 1.88 bits per heavy atom. The molecule has 0 aromatic carbocycles. The highest BCUT2D eigenvalue weighted by molar-refractivity contribution is 5.94. The Balaban J connectivity index is 1.47. The number of hydrogen-bond donors (Lipinski definition) is 2. The summed E-state index contributed by atoms with van der Waals surface area (Å²) in [6.45, 7) is 0. The number of aliphatic hydroxyl groups is 1. The molecule has 0 radical (unpaired) electrons. The van der Waals surface area contributed by atoms with Gasteiger partial charge in [-0.05, 0) is 57.8 Å². The standard InChI is InChI=1S/C19H23N5O2/c25-16(23-18-4-7-19(26,8-5-18)9-6-18)15-13-2-1-3-14(13)21-17(22-15)24-11-10-20-12-24/h10-12,26H,1-9H2,(H,23,25). The van der Waals surface area contributed by atoms with Gasteiger partial charge in [-0.15, -0.1) is 0 Å². The van der Waals surface area contributed by atoms with Crippen LogP contribution in [0.4, 0.5) is 0 Å². The Kier molecular flexibility index (Phi) is 3.44. The molecule has 0 unspecified atom stereocenters. The fourth-order valence-electron chi connectivity index (χ4n) is 4.75. The van der Waals surface area contributed by atoms with Gasteiger partial charge < -0.3 is 10.4 Å². The van der Waals surface area contributed by atoms with Gasteiger partial charge in [0.1, 0.15) is 12.0 Å². The number of nitrogens with one attached hydrogen (secondary N) is 1. The molecule has 0 atom stereocenters. The molecule has 2 aromatic rings. The van der Waals surface area contributed by atoms with Crippen molar-refractivity contribution >= 4 is 5.91 Å². The average molecular weight is 353 g/mol. The van der Waals surface area contributed by atoms with Crippen LogP contribution in [0.15, 0.2) is 18.7 Å². The third-order valence-corrected chi connectivity index (χ3v) is 6.46. The second-order valence-corrected chi connectivity index (χ2v) is 8.08. The quantitative estimate of drug-likeness (QED) is 0.876. The summed E-state index contributed by atoms with van der Waals surface area (Å²) >= 11 is 0. The Morgan fingerprint density at radius 1 is 1.12 bits per heavy atom. The van der Waals surface area contributed by atoms with Crippen LogP contribution in [0.1, 0.15) is 66.7 Å². The van der Waals surface area contributed by atoms with Gasteiger partial charge in [-0.25, -0.2) is 15.0 Å². The van der Waals surface area contributed by atoms with E-state index in [2.05, 4.69) is 20.3 Å². The van der Waals surface area contributed by atoms with Crippen molar-refractivity contribution in [2.45, 2.75) is 68.9 Å². The van der Waals surface area contributed by atoms with Gasteiger partial charge in [0.15, 0.2) is 0 Å². The molecule has 0 spiro atoms. The van der Waals surface area contributed by atoms with Crippen molar-refractivity contribution in [3.63, 3.8) is 0 Å². The number of carbonyl (C=O) groups excluding carboxylic acids is 1. The smallest absolute Gasteiger partial charge is 0.270 e. The zero-order valence-electron chi connectivity index (χ0n) is 14.7. The molecule has 7 heteroatoms. The molecule has 7 nitrogen and oxygen atoms in total. The summed E-state index contributed by atoms with van der Waals surface area (Å²) in [6, 6.07) is 0. The Labute approximate surface area is 151 Å². The maximum absolute atomic E-state index is 13.2. The Hall–Kier alpha value is -2.28. The number of aryl methyl sites for hydroxylation is 1. The van der Waals surface area contributed by atoms with Crippen molar-refractivity contribution in [2.75, 3.05) is 0 Å². The van der Waals surface area contributed by atoms with Crippen LogP contribution in [0.3, 0.4) is 0 Å². The maximum atomic E-state index is 13.2. The third-order valence-electron chi connectivity index (χ3n) is 6.46.